The normalized spacial score (nSPS) is 50.8. The molecule has 146 valence electrons. The van der Waals surface area contributed by atoms with Gasteiger partial charge in [0.25, 0.3) is 0 Å². The van der Waals surface area contributed by atoms with E-state index in [1.165, 1.54) is 0 Å². The molecule has 5 heteroatoms. The Morgan fingerprint density at radius 1 is 0.960 bits per heavy atom. The van der Waals surface area contributed by atoms with Crippen molar-refractivity contribution in [1.82, 2.24) is 0 Å². The lowest BCUT2D eigenvalue weighted by atomic mass is 9.79. The Labute approximate surface area is 157 Å². The molecule has 3 N–H and O–H groups in total. The van der Waals surface area contributed by atoms with E-state index in [0.717, 1.165) is 12.8 Å². The molecule has 2 aliphatic rings. The molecule has 2 bridgehead atoms. The van der Waals surface area contributed by atoms with Gasteiger partial charge < -0.3 is 20.1 Å². The van der Waals surface area contributed by atoms with E-state index < -0.39 is 22.4 Å². The lowest BCUT2D eigenvalue weighted by Crippen LogP contribution is -2.45. The van der Waals surface area contributed by atoms with Crippen LogP contribution in [0.1, 0.15) is 73.1 Å². The molecule has 6 atom stereocenters. The van der Waals surface area contributed by atoms with Crippen LogP contribution in [0.4, 0.5) is 0 Å². The second-order valence-electron chi connectivity index (χ2n) is 9.16. The molecule has 4 nitrogen and oxygen atoms in total. The summed E-state index contributed by atoms with van der Waals surface area (Å²) in [5.74, 6) is -0.0315. The molecule has 25 heavy (non-hydrogen) atoms. The van der Waals surface area contributed by atoms with E-state index in [2.05, 4.69) is 0 Å². The molecule has 2 rings (SSSR count). The second kappa shape index (κ2) is 7.12. The maximum Gasteiger partial charge on any atom is 0.0881 e. The molecule has 1 fully saturated rings. The molecule has 0 spiro atoms. The van der Waals surface area contributed by atoms with Gasteiger partial charge in [-0.3, -0.25) is 0 Å². The van der Waals surface area contributed by atoms with Crippen LogP contribution in [0, 0.1) is 5.92 Å². The first kappa shape index (κ1) is 21.2. The number of ether oxygens (including phenoxy) is 1. The summed E-state index contributed by atoms with van der Waals surface area (Å²) >= 11 is 6.62. The molecule has 0 aromatic heterocycles. The molecule has 0 aromatic rings. The fraction of sp³-hybridized carbons (Fsp3) is 0.900. The van der Waals surface area contributed by atoms with E-state index in [-0.39, 0.29) is 17.4 Å². The highest BCUT2D eigenvalue weighted by atomic mass is 35.5. The Hall–Kier alpha value is -0.130. The summed E-state index contributed by atoms with van der Waals surface area (Å²) in [5, 5.41) is 32.5. The first-order valence-corrected chi connectivity index (χ1v) is 9.93. The van der Waals surface area contributed by atoms with Crippen LogP contribution in [0.5, 0.6) is 0 Å². The van der Waals surface area contributed by atoms with E-state index in [1.54, 1.807) is 26.0 Å². The maximum absolute atomic E-state index is 11.1. The lowest BCUT2D eigenvalue weighted by molar-refractivity contribution is -0.133. The topological polar surface area (TPSA) is 69.9 Å². The van der Waals surface area contributed by atoms with Crippen molar-refractivity contribution in [2.75, 3.05) is 0 Å². The molecule has 0 aliphatic carbocycles. The third-order valence-corrected chi connectivity index (χ3v) is 7.02. The van der Waals surface area contributed by atoms with E-state index in [0.29, 0.717) is 25.7 Å². The van der Waals surface area contributed by atoms with Gasteiger partial charge in [-0.15, -0.1) is 11.6 Å². The molecule has 0 aromatic carbocycles. The van der Waals surface area contributed by atoms with Crippen LogP contribution < -0.4 is 0 Å². The zero-order valence-electron chi connectivity index (χ0n) is 16.3. The minimum Gasteiger partial charge on any atom is -0.387 e. The average molecular weight is 375 g/mol. The molecule has 1 saturated heterocycles. The minimum atomic E-state index is -1.08. The highest BCUT2D eigenvalue weighted by Gasteiger charge is 2.48. The molecule has 0 amide bonds. The summed E-state index contributed by atoms with van der Waals surface area (Å²) in [5.41, 5.74) is -3.65. The average Bonchev–Trinajstić information content (AvgIpc) is 2.93. The van der Waals surface area contributed by atoms with Crippen molar-refractivity contribution in [2.24, 2.45) is 5.92 Å². The van der Waals surface area contributed by atoms with Crippen LogP contribution in [0.3, 0.4) is 0 Å². The predicted octanol–water partition coefficient (Wildman–Crippen LogP) is 3.55. The Balaban J connectivity index is 2.34. The van der Waals surface area contributed by atoms with Crippen molar-refractivity contribution in [3.63, 3.8) is 0 Å². The van der Waals surface area contributed by atoms with Crippen molar-refractivity contribution in [2.45, 2.75) is 107 Å². The Bertz CT molecular complexity index is 502. The lowest BCUT2D eigenvalue weighted by Gasteiger charge is -2.37. The number of halogens is 1. The van der Waals surface area contributed by atoms with Crippen molar-refractivity contribution in [1.29, 1.82) is 0 Å². The Kier molecular flexibility index (Phi) is 6.03. The zero-order chi connectivity index (χ0) is 19.1. The molecular weight excluding hydrogens is 340 g/mol. The molecule has 2 aliphatic heterocycles. The first-order valence-electron chi connectivity index (χ1n) is 9.49. The van der Waals surface area contributed by atoms with Crippen molar-refractivity contribution < 1.29 is 20.1 Å². The van der Waals surface area contributed by atoms with Gasteiger partial charge in [-0.1, -0.05) is 26.0 Å². The molecular formula is C20H35ClO4. The number of hydrogen-bond donors (Lipinski definition) is 3. The van der Waals surface area contributed by atoms with Gasteiger partial charge in [0.2, 0.25) is 0 Å². The number of rotatable bonds is 1. The van der Waals surface area contributed by atoms with Crippen molar-refractivity contribution in [3.8, 4) is 0 Å². The standard InChI is InChI=1S/C20H35ClO4/c1-14(2)20(24)12-10-17(3,22)8-6-15(21)19(5)9-7-16(25-19)18(4,23)11-13-20/h10,12,14-16,22-24H,6-9,11,13H2,1-5H3/b12-10+/t15-,16-,17+,18+,19+,20+/m0/s1. The van der Waals surface area contributed by atoms with Gasteiger partial charge in [-0.05, 0) is 65.2 Å². The maximum atomic E-state index is 11.1. The molecule has 0 unspecified atom stereocenters. The summed E-state index contributed by atoms with van der Waals surface area (Å²) in [7, 11) is 0. The van der Waals surface area contributed by atoms with E-state index >= 15 is 0 Å². The van der Waals surface area contributed by atoms with E-state index in [9.17, 15) is 15.3 Å². The summed E-state index contributed by atoms with van der Waals surface area (Å²) in [4.78, 5) is 0. The molecule has 0 saturated carbocycles. The van der Waals surface area contributed by atoms with Gasteiger partial charge in [-0.2, -0.15) is 0 Å². The fourth-order valence-corrected chi connectivity index (χ4v) is 4.11. The number of alkyl halides is 1. The summed E-state index contributed by atoms with van der Waals surface area (Å²) in [6.07, 6.45) is 6.55. The van der Waals surface area contributed by atoms with Gasteiger partial charge in [0.1, 0.15) is 0 Å². The summed E-state index contributed by atoms with van der Waals surface area (Å²) in [6.45, 7) is 9.42. The SMILES string of the molecule is CC(C)[C@@]1(O)/C=C/[C@](C)(O)CC[C@H](Cl)[C@@]2(C)CC[C@H](O2)[C@](C)(O)CC1. The minimum absolute atomic E-state index is 0.0315. The summed E-state index contributed by atoms with van der Waals surface area (Å²) in [6, 6.07) is 0. The van der Waals surface area contributed by atoms with Gasteiger partial charge in [0, 0.05) is 0 Å². The highest BCUT2D eigenvalue weighted by molar-refractivity contribution is 6.21. The second-order valence-corrected chi connectivity index (χ2v) is 9.68. The predicted molar refractivity (Wildman–Crippen MR) is 101 cm³/mol. The third-order valence-electron chi connectivity index (χ3n) is 6.34. The van der Waals surface area contributed by atoms with Crippen molar-refractivity contribution >= 4 is 11.6 Å². The smallest absolute Gasteiger partial charge is 0.0881 e. The Morgan fingerprint density at radius 3 is 2.20 bits per heavy atom. The van der Waals surface area contributed by atoms with Crippen LogP contribution in [0.15, 0.2) is 12.2 Å². The van der Waals surface area contributed by atoms with E-state index in [4.69, 9.17) is 16.3 Å². The number of fused-ring (bicyclic) bond motifs is 2. The van der Waals surface area contributed by atoms with Gasteiger partial charge in [0.15, 0.2) is 0 Å². The van der Waals surface area contributed by atoms with Gasteiger partial charge in [0.05, 0.1) is 33.9 Å². The number of hydrogen-bond acceptors (Lipinski definition) is 4. The fourth-order valence-electron chi connectivity index (χ4n) is 3.84. The Morgan fingerprint density at radius 2 is 1.60 bits per heavy atom. The highest BCUT2D eigenvalue weighted by Crippen LogP contribution is 2.43. The third kappa shape index (κ3) is 4.78. The quantitative estimate of drug-likeness (QED) is 0.485. The largest absolute Gasteiger partial charge is 0.387 e. The van der Waals surface area contributed by atoms with Crippen LogP contribution >= 0.6 is 11.6 Å². The zero-order valence-corrected chi connectivity index (χ0v) is 17.0. The molecule has 2 heterocycles. The van der Waals surface area contributed by atoms with E-state index in [1.807, 2.05) is 20.8 Å². The summed E-state index contributed by atoms with van der Waals surface area (Å²) < 4.78 is 6.22. The van der Waals surface area contributed by atoms with Crippen LogP contribution in [0.25, 0.3) is 0 Å². The van der Waals surface area contributed by atoms with Gasteiger partial charge >= 0.3 is 0 Å². The van der Waals surface area contributed by atoms with Crippen molar-refractivity contribution in [3.05, 3.63) is 12.2 Å². The number of aliphatic hydroxyl groups is 3. The molecule has 0 radical (unpaired) electrons. The van der Waals surface area contributed by atoms with Gasteiger partial charge in [-0.25, -0.2) is 0 Å². The first-order chi connectivity index (χ1) is 11.3. The van der Waals surface area contributed by atoms with Crippen LogP contribution in [0.2, 0.25) is 0 Å². The van der Waals surface area contributed by atoms with Crippen LogP contribution in [-0.2, 0) is 4.74 Å². The monoisotopic (exact) mass is 374 g/mol. The van der Waals surface area contributed by atoms with Crippen LogP contribution in [-0.4, -0.2) is 49.2 Å².